The molecule has 3 atom stereocenters. The Hall–Kier alpha value is -2.22. The minimum atomic E-state index is -4.83. The molecule has 2 aromatic rings. The van der Waals surface area contributed by atoms with Crippen LogP contribution in [0.5, 0.6) is 0 Å². The van der Waals surface area contributed by atoms with Gasteiger partial charge < -0.3 is 9.64 Å². The molecule has 0 aliphatic carbocycles. The SMILES string of the molecule is CC1CN(CCN2CCN(C(=O)c3cc(C(F)(F)F)cc(S(=O)(=O)N(C)C)c3)[C@H](Cc3ccc(Cl)cc3)C2)CC(C)O1. The second kappa shape index (κ2) is 13.2. The number of rotatable bonds is 8. The summed E-state index contributed by atoms with van der Waals surface area (Å²) in [5, 5.41) is 0.574. The van der Waals surface area contributed by atoms with Crippen LogP contribution in [0.3, 0.4) is 0 Å². The van der Waals surface area contributed by atoms with Crippen molar-refractivity contribution in [1.29, 1.82) is 0 Å². The Morgan fingerprint density at radius 2 is 1.60 bits per heavy atom. The van der Waals surface area contributed by atoms with Gasteiger partial charge in [0.2, 0.25) is 10.0 Å². The zero-order valence-corrected chi connectivity index (χ0v) is 25.8. The van der Waals surface area contributed by atoms with Crippen molar-refractivity contribution in [2.45, 2.75) is 49.6 Å². The molecule has 2 aromatic carbocycles. The van der Waals surface area contributed by atoms with Gasteiger partial charge in [0.05, 0.1) is 22.7 Å². The van der Waals surface area contributed by atoms with Gasteiger partial charge in [0.15, 0.2) is 0 Å². The minimum Gasteiger partial charge on any atom is -0.373 e. The summed E-state index contributed by atoms with van der Waals surface area (Å²) in [5.74, 6) is -0.634. The molecule has 0 saturated carbocycles. The van der Waals surface area contributed by atoms with E-state index in [2.05, 4.69) is 23.6 Å². The second-order valence-corrected chi connectivity index (χ2v) is 13.9. The Bertz CT molecular complexity index is 1350. The third kappa shape index (κ3) is 8.03. The first kappa shape index (κ1) is 32.7. The van der Waals surface area contributed by atoms with Crippen LogP contribution >= 0.6 is 11.6 Å². The number of morpholine rings is 1. The summed E-state index contributed by atoms with van der Waals surface area (Å²) in [5.41, 5.74) is -0.563. The van der Waals surface area contributed by atoms with E-state index < -0.39 is 32.6 Å². The predicted molar refractivity (Wildman–Crippen MR) is 155 cm³/mol. The quantitative estimate of drug-likeness (QED) is 0.438. The zero-order chi connectivity index (χ0) is 30.8. The number of alkyl halides is 3. The van der Waals surface area contributed by atoms with Crippen molar-refractivity contribution in [3.63, 3.8) is 0 Å². The molecule has 1 amide bonds. The first-order chi connectivity index (χ1) is 19.6. The molecule has 4 rings (SSSR count). The Morgan fingerprint density at radius 1 is 0.976 bits per heavy atom. The first-order valence-electron chi connectivity index (χ1n) is 13.9. The van der Waals surface area contributed by atoms with E-state index in [1.54, 1.807) is 17.0 Å². The number of hydrogen-bond donors (Lipinski definition) is 0. The van der Waals surface area contributed by atoms with Crippen LogP contribution in [0.1, 0.15) is 35.3 Å². The van der Waals surface area contributed by atoms with Crippen LogP contribution in [0.4, 0.5) is 13.2 Å². The van der Waals surface area contributed by atoms with Crippen molar-refractivity contribution in [2.24, 2.45) is 0 Å². The molecule has 2 heterocycles. The smallest absolute Gasteiger partial charge is 0.373 e. The highest BCUT2D eigenvalue weighted by atomic mass is 35.5. The molecule has 0 aromatic heterocycles. The number of sulfonamides is 1. The molecular weight excluding hydrogens is 593 g/mol. The molecule has 13 heteroatoms. The van der Waals surface area contributed by atoms with Crippen LogP contribution in [-0.2, 0) is 27.4 Å². The third-order valence-electron chi connectivity index (χ3n) is 7.70. The molecule has 2 aliphatic rings. The number of halogens is 4. The van der Waals surface area contributed by atoms with Gasteiger partial charge in [-0.2, -0.15) is 13.2 Å². The minimum absolute atomic E-state index is 0.148. The molecule has 232 valence electrons. The zero-order valence-electron chi connectivity index (χ0n) is 24.3. The van der Waals surface area contributed by atoms with Gasteiger partial charge >= 0.3 is 6.18 Å². The normalized spacial score (nSPS) is 23.0. The van der Waals surface area contributed by atoms with Crippen molar-refractivity contribution in [3.05, 3.63) is 64.2 Å². The van der Waals surface area contributed by atoms with E-state index >= 15 is 0 Å². The van der Waals surface area contributed by atoms with E-state index in [-0.39, 0.29) is 23.8 Å². The van der Waals surface area contributed by atoms with Crippen LogP contribution in [0, 0.1) is 0 Å². The molecule has 8 nitrogen and oxygen atoms in total. The maximum atomic E-state index is 13.9. The van der Waals surface area contributed by atoms with Gasteiger partial charge in [0.25, 0.3) is 5.91 Å². The summed E-state index contributed by atoms with van der Waals surface area (Å²) in [4.78, 5) is 19.5. The van der Waals surface area contributed by atoms with Crippen LogP contribution < -0.4 is 0 Å². The number of carbonyl (C=O) groups excluding carboxylic acids is 1. The monoisotopic (exact) mass is 630 g/mol. The van der Waals surface area contributed by atoms with E-state index in [0.29, 0.717) is 37.1 Å². The standard InChI is InChI=1S/C29H38ClF3N4O4S/c1-20-17-36(18-21(2)41-20)10-9-35-11-12-37(26(19-35)13-22-5-7-25(30)8-6-22)28(38)23-14-24(29(31,32)33)16-27(15-23)42(39,40)34(3)4/h5-8,14-16,20-21,26H,9-13,17-19H2,1-4H3/t20?,21?,26-/m1/s1. The van der Waals surface area contributed by atoms with Gasteiger partial charge in [-0.05, 0) is 56.2 Å². The summed E-state index contributed by atoms with van der Waals surface area (Å²) in [6.45, 7) is 8.74. The summed E-state index contributed by atoms with van der Waals surface area (Å²) in [6.07, 6.45) is -4.07. The van der Waals surface area contributed by atoms with Crippen LogP contribution in [0.25, 0.3) is 0 Å². The first-order valence-corrected chi connectivity index (χ1v) is 15.8. The van der Waals surface area contributed by atoms with Gasteiger partial charge in [0.1, 0.15) is 0 Å². The van der Waals surface area contributed by atoms with E-state index in [0.717, 1.165) is 48.2 Å². The molecule has 2 saturated heterocycles. The maximum Gasteiger partial charge on any atom is 0.416 e. The van der Waals surface area contributed by atoms with Gasteiger partial charge in [0, 0.05) is 76.5 Å². The highest BCUT2D eigenvalue weighted by Gasteiger charge is 2.36. The largest absolute Gasteiger partial charge is 0.416 e. The Morgan fingerprint density at radius 3 is 2.19 bits per heavy atom. The fraction of sp³-hybridized carbons (Fsp3) is 0.552. The number of hydrogen-bond acceptors (Lipinski definition) is 6. The number of benzene rings is 2. The van der Waals surface area contributed by atoms with Crippen molar-refractivity contribution in [2.75, 3.05) is 59.9 Å². The van der Waals surface area contributed by atoms with Crippen LogP contribution in [0.15, 0.2) is 47.4 Å². The van der Waals surface area contributed by atoms with E-state index in [4.69, 9.17) is 16.3 Å². The number of carbonyl (C=O) groups is 1. The van der Waals surface area contributed by atoms with E-state index in [9.17, 15) is 26.4 Å². The van der Waals surface area contributed by atoms with Crippen molar-refractivity contribution in [1.82, 2.24) is 19.0 Å². The second-order valence-electron chi connectivity index (χ2n) is 11.3. The highest BCUT2D eigenvalue weighted by Crippen LogP contribution is 2.33. The lowest BCUT2D eigenvalue weighted by Gasteiger charge is -2.43. The van der Waals surface area contributed by atoms with Crippen molar-refractivity contribution >= 4 is 27.5 Å². The van der Waals surface area contributed by atoms with Crippen LogP contribution in [0.2, 0.25) is 5.02 Å². The summed E-state index contributed by atoms with van der Waals surface area (Å²) in [7, 11) is -1.75. The van der Waals surface area contributed by atoms with Gasteiger partial charge in [-0.3, -0.25) is 14.6 Å². The molecule has 2 aliphatic heterocycles. The molecule has 0 bridgehead atoms. The molecule has 0 spiro atoms. The van der Waals surface area contributed by atoms with Crippen molar-refractivity contribution in [3.8, 4) is 0 Å². The van der Waals surface area contributed by atoms with E-state index in [1.165, 1.54) is 14.1 Å². The van der Waals surface area contributed by atoms with Gasteiger partial charge in [-0.25, -0.2) is 12.7 Å². The maximum absolute atomic E-state index is 13.9. The number of piperazine rings is 1. The number of ether oxygens (including phenoxy) is 1. The molecule has 0 radical (unpaired) electrons. The van der Waals surface area contributed by atoms with Gasteiger partial charge in [-0.15, -0.1) is 0 Å². The summed E-state index contributed by atoms with van der Waals surface area (Å²) in [6, 6.07) is 9.26. The summed E-state index contributed by atoms with van der Waals surface area (Å²) < 4.78 is 73.7. The predicted octanol–water partition coefficient (Wildman–Crippen LogP) is 4.09. The number of nitrogens with zero attached hydrogens (tertiary/aromatic N) is 4. The molecule has 2 fully saturated rings. The highest BCUT2D eigenvalue weighted by molar-refractivity contribution is 7.89. The molecule has 42 heavy (non-hydrogen) atoms. The fourth-order valence-corrected chi connectivity index (χ4v) is 6.72. The van der Waals surface area contributed by atoms with Crippen LogP contribution in [-0.4, -0.2) is 111 Å². The topological polar surface area (TPSA) is 73.4 Å². The number of amides is 1. The third-order valence-corrected chi connectivity index (χ3v) is 9.74. The lowest BCUT2D eigenvalue weighted by atomic mass is 10.00. The Balaban J connectivity index is 1.60. The Labute approximate surface area is 251 Å². The molecule has 2 unspecified atom stereocenters. The van der Waals surface area contributed by atoms with Crippen molar-refractivity contribution < 1.29 is 31.1 Å². The Kier molecular flexibility index (Phi) is 10.3. The summed E-state index contributed by atoms with van der Waals surface area (Å²) >= 11 is 6.07. The molecule has 0 N–H and O–H groups in total. The van der Waals surface area contributed by atoms with E-state index in [1.807, 2.05) is 12.1 Å². The van der Waals surface area contributed by atoms with Gasteiger partial charge in [-0.1, -0.05) is 23.7 Å². The lowest BCUT2D eigenvalue weighted by molar-refractivity contribution is -0.137. The molecular formula is C29H38ClF3N4O4S. The fourth-order valence-electron chi connectivity index (χ4n) is 5.62. The lowest BCUT2D eigenvalue weighted by Crippen LogP contribution is -2.57. The average molecular weight is 631 g/mol. The average Bonchev–Trinajstić information content (AvgIpc) is 2.91.